The van der Waals surface area contributed by atoms with E-state index in [0.29, 0.717) is 12.4 Å². The fraction of sp³-hybridized carbons (Fsp3) is 0.250. The summed E-state index contributed by atoms with van der Waals surface area (Å²) < 4.78 is 6.51. The molecule has 0 bridgehead atoms. The second kappa shape index (κ2) is 3.93. The molecule has 2 heterocycles. The predicted octanol–water partition coefficient (Wildman–Crippen LogP) is 0.204. The Kier molecular flexibility index (Phi) is 2.46. The zero-order valence-corrected chi connectivity index (χ0v) is 7.66. The number of pyridine rings is 1. The molecule has 0 fully saturated rings. The van der Waals surface area contributed by atoms with Crippen molar-refractivity contribution in [3.63, 3.8) is 0 Å². The summed E-state index contributed by atoms with van der Waals surface area (Å²) in [5.41, 5.74) is 1.04. The van der Waals surface area contributed by atoms with Gasteiger partial charge in [-0.15, -0.1) is 5.10 Å². The van der Waals surface area contributed by atoms with Crippen LogP contribution in [0.3, 0.4) is 0 Å². The number of hydrogen-bond acceptors (Lipinski definition) is 5. The zero-order chi connectivity index (χ0) is 9.80. The molecule has 2 aromatic rings. The summed E-state index contributed by atoms with van der Waals surface area (Å²) in [4.78, 5) is 4.13. The molecule has 0 saturated heterocycles. The third-order valence-electron chi connectivity index (χ3n) is 1.70. The SMILES string of the molecule is COCc1ccnc(-n2cnnn2)c1. The van der Waals surface area contributed by atoms with Gasteiger partial charge in [-0.1, -0.05) is 0 Å². The van der Waals surface area contributed by atoms with Gasteiger partial charge < -0.3 is 4.74 Å². The van der Waals surface area contributed by atoms with Crippen LogP contribution in [0.4, 0.5) is 0 Å². The molecule has 0 aliphatic carbocycles. The van der Waals surface area contributed by atoms with Gasteiger partial charge in [-0.25, -0.2) is 4.98 Å². The maximum Gasteiger partial charge on any atom is 0.157 e. The van der Waals surface area contributed by atoms with Crippen LogP contribution in [0.5, 0.6) is 0 Å². The van der Waals surface area contributed by atoms with E-state index in [1.165, 1.54) is 11.0 Å². The van der Waals surface area contributed by atoms with Crippen LogP contribution in [-0.4, -0.2) is 32.3 Å². The van der Waals surface area contributed by atoms with Crippen LogP contribution >= 0.6 is 0 Å². The van der Waals surface area contributed by atoms with Crippen LogP contribution < -0.4 is 0 Å². The van der Waals surface area contributed by atoms with Gasteiger partial charge in [0.05, 0.1) is 6.61 Å². The summed E-state index contributed by atoms with van der Waals surface area (Å²) in [6.45, 7) is 0.553. The van der Waals surface area contributed by atoms with Gasteiger partial charge in [-0.3, -0.25) is 0 Å². The summed E-state index contributed by atoms with van der Waals surface area (Å²) >= 11 is 0. The Morgan fingerprint density at radius 1 is 1.50 bits per heavy atom. The molecule has 0 spiro atoms. The molecular weight excluding hydrogens is 182 g/mol. The Morgan fingerprint density at radius 2 is 2.43 bits per heavy atom. The Balaban J connectivity index is 2.31. The van der Waals surface area contributed by atoms with Crippen molar-refractivity contribution in [2.45, 2.75) is 6.61 Å². The van der Waals surface area contributed by atoms with Crippen LogP contribution in [0, 0.1) is 0 Å². The molecule has 0 atom stereocenters. The van der Waals surface area contributed by atoms with E-state index in [-0.39, 0.29) is 0 Å². The largest absolute Gasteiger partial charge is 0.380 e. The fourth-order valence-corrected chi connectivity index (χ4v) is 1.11. The lowest BCUT2D eigenvalue weighted by Crippen LogP contribution is -1.99. The lowest BCUT2D eigenvalue weighted by atomic mass is 10.3. The minimum absolute atomic E-state index is 0.553. The number of ether oxygens (including phenoxy) is 1. The van der Waals surface area contributed by atoms with Gasteiger partial charge in [0.25, 0.3) is 0 Å². The molecule has 0 aliphatic rings. The third kappa shape index (κ3) is 1.74. The molecule has 0 unspecified atom stereocenters. The molecule has 0 N–H and O–H groups in total. The lowest BCUT2D eigenvalue weighted by molar-refractivity contribution is 0.185. The molecule has 2 rings (SSSR count). The van der Waals surface area contributed by atoms with Crippen LogP contribution in [-0.2, 0) is 11.3 Å². The van der Waals surface area contributed by atoms with Crippen LogP contribution in [0.1, 0.15) is 5.56 Å². The number of aromatic nitrogens is 5. The van der Waals surface area contributed by atoms with Gasteiger partial charge in [0.2, 0.25) is 0 Å². The number of rotatable bonds is 3. The van der Waals surface area contributed by atoms with E-state index < -0.39 is 0 Å². The summed E-state index contributed by atoms with van der Waals surface area (Å²) in [7, 11) is 1.65. The maximum absolute atomic E-state index is 5.01. The number of hydrogen-bond donors (Lipinski definition) is 0. The average Bonchev–Trinajstić information content (AvgIpc) is 2.71. The van der Waals surface area contributed by atoms with E-state index in [1.807, 2.05) is 12.1 Å². The van der Waals surface area contributed by atoms with Crippen molar-refractivity contribution in [3.05, 3.63) is 30.2 Å². The normalized spacial score (nSPS) is 10.4. The molecule has 72 valence electrons. The van der Waals surface area contributed by atoms with Crippen molar-refractivity contribution in [3.8, 4) is 5.82 Å². The van der Waals surface area contributed by atoms with Gasteiger partial charge in [0.1, 0.15) is 6.33 Å². The topological polar surface area (TPSA) is 65.7 Å². The molecule has 6 nitrogen and oxygen atoms in total. The fourth-order valence-electron chi connectivity index (χ4n) is 1.11. The number of methoxy groups -OCH3 is 1. The highest BCUT2D eigenvalue weighted by Gasteiger charge is 2.00. The van der Waals surface area contributed by atoms with E-state index in [0.717, 1.165) is 5.56 Å². The Hall–Kier alpha value is -1.82. The second-order valence-corrected chi connectivity index (χ2v) is 2.71. The maximum atomic E-state index is 5.01. The smallest absolute Gasteiger partial charge is 0.157 e. The molecule has 0 radical (unpaired) electrons. The van der Waals surface area contributed by atoms with Crippen molar-refractivity contribution in [2.75, 3.05) is 7.11 Å². The molecule has 6 heteroatoms. The van der Waals surface area contributed by atoms with Crippen LogP contribution in [0.25, 0.3) is 5.82 Å². The van der Waals surface area contributed by atoms with E-state index in [2.05, 4.69) is 20.5 Å². The van der Waals surface area contributed by atoms with Crippen molar-refractivity contribution in [1.29, 1.82) is 0 Å². The predicted molar refractivity (Wildman–Crippen MR) is 47.7 cm³/mol. The van der Waals surface area contributed by atoms with Crippen molar-refractivity contribution in [2.24, 2.45) is 0 Å². The zero-order valence-electron chi connectivity index (χ0n) is 7.66. The molecule has 0 saturated carbocycles. The van der Waals surface area contributed by atoms with Gasteiger partial charge in [0, 0.05) is 13.3 Å². The van der Waals surface area contributed by atoms with Gasteiger partial charge in [0.15, 0.2) is 5.82 Å². The first-order valence-corrected chi connectivity index (χ1v) is 4.07. The molecule has 0 aromatic carbocycles. The highest BCUT2D eigenvalue weighted by Crippen LogP contribution is 2.05. The second-order valence-electron chi connectivity index (χ2n) is 2.71. The average molecular weight is 191 g/mol. The van der Waals surface area contributed by atoms with Gasteiger partial charge in [-0.2, -0.15) is 4.68 Å². The first kappa shape index (κ1) is 8.76. The quantitative estimate of drug-likeness (QED) is 0.693. The lowest BCUT2D eigenvalue weighted by Gasteiger charge is -2.01. The van der Waals surface area contributed by atoms with Gasteiger partial charge >= 0.3 is 0 Å². The Morgan fingerprint density at radius 3 is 3.14 bits per heavy atom. The van der Waals surface area contributed by atoms with Crippen LogP contribution in [0.2, 0.25) is 0 Å². The first-order chi connectivity index (χ1) is 6.90. The summed E-state index contributed by atoms with van der Waals surface area (Å²) in [6.07, 6.45) is 3.20. The molecule has 0 aliphatic heterocycles. The number of nitrogens with zero attached hydrogens (tertiary/aromatic N) is 5. The third-order valence-corrected chi connectivity index (χ3v) is 1.70. The Bertz CT molecular complexity index is 400. The van der Waals surface area contributed by atoms with Crippen molar-refractivity contribution >= 4 is 0 Å². The monoisotopic (exact) mass is 191 g/mol. The highest BCUT2D eigenvalue weighted by atomic mass is 16.5. The Labute approximate surface area is 80.5 Å². The minimum Gasteiger partial charge on any atom is -0.380 e. The standard InChI is InChI=1S/C8H9N5O/c1-14-5-7-2-3-9-8(4-7)13-6-10-11-12-13/h2-4,6H,5H2,1H3. The van der Waals surface area contributed by atoms with Gasteiger partial charge in [-0.05, 0) is 28.1 Å². The summed E-state index contributed by atoms with van der Waals surface area (Å²) in [6, 6.07) is 3.76. The van der Waals surface area contributed by atoms with E-state index in [9.17, 15) is 0 Å². The summed E-state index contributed by atoms with van der Waals surface area (Å²) in [5.74, 6) is 0.685. The minimum atomic E-state index is 0.553. The molecule has 0 amide bonds. The molecular formula is C8H9N5O. The van der Waals surface area contributed by atoms with Crippen LogP contribution in [0.15, 0.2) is 24.7 Å². The summed E-state index contributed by atoms with van der Waals surface area (Å²) in [5, 5.41) is 10.8. The van der Waals surface area contributed by atoms with Crippen molar-refractivity contribution < 1.29 is 4.74 Å². The van der Waals surface area contributed by atoms with E-state index >= 15 is 0 Å². The molecule has 14 heavy (non-hydrogen) atoms. The van der Waals surface area contributed by atoms with E-state index in [1.54, 1.807) is 13.3 Å². The highest BCUT2D eigenvalue weighted by molar-refractivity contribution is 5.25. The first-order valence-electron chi connectivity index (χ1n) is 4.07. The van der Waals surface area contributed by atoms with Crippen molar-refractivity contribution in [1.82, 2.24) is 25.2 Å². The number of tetrazole rings is 1. The van der Waals surface area contributed by atoms with E-state index in [4.69, 9.17) is 4.74 Å². The molecule has 2 aromatic heterocycles.